The van der Waals surface area contributed by atoms with Crippen LogP contribution in [0.3, 0.4) is 0 Å². The Morgan fingerprint density at radius 3 is 2.24 bits per heavy atom. The van der Waals surface area contributed by atoms with Gasteiger partial charge >= 0.3 is 5.97 Å². The summed E-state index contributed by atoms with van der Waals surface area (Å²) in [6.07, 6.45) is 0. The molecule has 1 aliphatic carbocycles. The van der Waals surface area contributed by atoms with Crippen molar-refractivity contribution < 1.29 is 23.1 Å². The Hall–Kier alpha value is -2.18. The summed E-state index contributed by atoms with van der Waals surface area (Å²) in [5, 5.41) is 8.80. The van der Waals surface area contributed by atoms with Gasteiger partial charge in [-0.2, -0.15) is 0 Å². The number of carbonyl (C=O) groups is 1. The van der Waals surface area contributed by atoms with E-state index in [4.69, 9.17) is 4.74 Å². The molecule has 0 bridgehead atoms. The van der Waals surface area contributed by atoms with E-state index in [-0.39, 0.29) is 11.5 Å². The van der Waals surface area contributed by atoms with Crippen LogP contribution in [0.5, 0.6) is 0 Å². The number of carboxylic acids is 1. The lowest BCUT2D eigenvalue weighted by atomic mass is 9.99. The number of rotatable bonds is 6. The maximum Gasteiger partial charge on any atom is 0.314 e. The minimum atomic E-state index is -3.81. The Morgan fingerprint density at radius 2 is 1.72 bits per heavy atom. The Labute approximate surface area is 147 Å². The summed E-state index contributed by atoms with van der Waals surface area (Å²) in [5.41, 5.74) is 0.257. The van der Waals surface area contributed by atoms with Crippen molar-refractivity contribution in [2.45, 2.75) is 23.0 Å². The van der Waals surface area contributed by atoms with E-state index in [2.05, 4.69) is 0 Å². The molecule has 3 rings (SSSR count). The Bertz CT molecular complexity index is 874. The van der Waals surface area contributed by atoms with Crippen LogP contribution < -0.4 is 0 Å². The number of hydrogen-bond donors (Lipinski definition) is 1. The van der Waals surface area contributed by atoms with Crippen LogP contribution in [0.25, 0.3) is 0 Å². The minimum absolute atomic E-state index is 0.135. The molecular formula is C19H20O5S. The fourth-order valence-electron chi connectivity index (χ4n) is 3.59. The molecule has 1 fully saturated rings. The van der Waals surface area contributed by atoms with Crippen LogP contribution in [0.2, 0.25) is 0 Å². The van der Waals surface area contributed by atoms with Gasteiger partial charge in [-0.05, 0) is 24.6 Å². The maximum atomic E-state index is 13.1. The fraction of sp³-hybridized carbons (Fsp3) is 0.316. The number of ether oxygens (including phenoxy) is 1. The van der Waals surface area contributed by atoms with Crippen molar-refractivity contribution >= 4 is 15.8 Å². The molecule has 0 spiro atoms. The average molecular weight is 360 g/mol. The predicted octanol–water partition coefficient (Wildman–Crippen LogP) is 2.65. The summed E-state index contributed by atoms with van der Waals surface area (Å²) in [4.78, 5) is 12.2. The number of benzene rings is 2. The highest BCUT2D eigenvalue weighted by Crippen LogP contribution is 2.64. The second-order valence-corrected chi connectivity index (χ2v) is 8.51. The quantitative estimate of drug-likeness (QED) is 0.856. The average Bonchev–Trinajstić information content (AvgIpc) is 3.28. The van der Waals surface area contributed by atoms with Gasteiger partial charge in [-0.3, -0.25) is 4.79 Å². The first-order chi connectivity index (χ1) is 11.9. The third-order valence-corrected chi connectivity index (χ3v) is 7.17. The zero-order chi connectivity index (χ0) is 18.2. The van der Waals surface area contributed by atoms with Crippen molar-refractivity contribution in [1.29, 1.82) is 0 Å². The highest BCUT2D eigenvalue weighted by Gasteiger charge is 2.76. The van der Waals surface area contributed by atoms with Gasteiger partial charge in [0.2, 0.25) is 0 Å². The van der Waals surface area contributed by atoms with E-state index in [9.17, 15) is 18.3 Å². The van der Waals surface area contributed by atoms with Crippen molar-refractivity contribution in [3.05, 3.63) is 65.7 Å². The molecule has 1 saturated carbocycles. The molecule has 25 heavy (non-hydrogen) atoms. The predicted molar refractivity (Wildman–Crippen MR) is 93.3 cm³/mol. The van der Waals surface area contributed by atoms with E-state index in [0.717, 1.165) is 5.56 Å². The SMILES string of the molecule is COCC1(C(=O)O)C(c2ccc(C)cc2)C1S(=O)(=O)c1ccccc1. The summed E-state index contributed by atoms with van der Waals surface area (Å²) in [7, 11) is -2.42. The fourth-order valence-corrected chi connectivity index (χ4v) is 5.97. The van der Waals surface area contributed by atoms with Gasteiger partial charge in [0.05, 0.1) is 16.8 Å². The van der Waals surface area contributed by atoms with Crippen LogP contribution in [0, 0.1) is 12.3 Å². The molecule has 3 unspecified atom stereocenters. The van der Waals surface area contributed by atoms with E-state index in [0.29, 0.717) is 5.56 Å². The number of aliphatic carboxylic acids is 1. The molecule has 2 aromatic carbocycles. The van der Waals surface area contributed by atoms with E-state index in [1.54, 1.807) is 30.3 Å². The second-order valence-electron chi connectivity index (χ2n) is 6.45. The van der Waals surface area contributed by atoms with E-state index < -0.39 is 32.4 Å². The number of sulfone groups is 1. The minimum Gasteiger partial charge on any atom is -0.481 e. The van der Waals surface area contributed by atoms with Crippen LogP contribution in [-0.4, -0.2) is 38.5 Å². The van der Waals surface area contributed by atoms with Gasteiger partial charge in [0.1, 0.15) is 5.41 Å². The van der Waals surface area contributed by atoms with Gasteiger partial charge in [0.25, 0.3) is 0 Å². The van der Waals surface area contributed by atoms with Crippen LogP contribution in [0.15, 0.2) is 59.5 Å². The molecular weight excluding hydrogens is 340 g/mol. The summed E-state index contributed by atoms with van der Waals surface area (Å²) < 4.78 is 31.4. The zero-order valence-electron chi connectivity index (χ0n) is 14.0. The van der Waals surface area contributed by atoms with E-state index >= 15 is 0 Å². The van der Waals surface area contributed by atoms with Crippen LogP contribution in [-0.2, 0) is 19.4 Å². The molecule has 0 aliphatic heterocycles. The lowest BCUT2D eigenvalue weighted by Gasteiger charge is -2.12. The monoisotopic (exact) mass is 360 g/mol. The summed E-state index contributed by atoms with van der Waals surface area (Å²) in [5.74, 6) is -1.79. The third-order valence-electron chi connectivity index (χ3n) is 4.88. The number of hydrogen-bond acceptors (Lipinski definition) is 4. The number of carboxylic acid groups (broad SMARTS) is 1. The van der Waals surface area contributed by atoms with Gasteiger partial charge in [0.15, 0.2) is 9.84 Å². The van der Waals surface area contributed by atoms with E-state index in [1.807, 2.05) is 19.1 Å². The number of methoxy groups -OCH3 is 1. The molecule has 6 heteroatoms. The molecule has 0 amide bonds. The molecule has 0 radical (unpaired) electrons. The van der Waals surface area contributed by atoms with Gasteiger partial charge in [-0.1, -0.05) is 48.0 Å². The van der Waals surface area contributed by atoms with Crippen molar-refractivity contribution in [2.24, 2.45) is 5.41 Å². The van der Waals surface area contributed by atoms with Gasteiger partial charge in [0, 0.05) is 13.0 Å². The van der Waals surface area contributed by atoms with Crippen molar-refractivity contribution in [3.63, 3.8) is 0 Å². The maximum absolute atomic E-state index is 13.1. The lowest BCUT2D eigenvalue weighted by molar-refractivity contribution is -0.145. The topological polar surface area (TPSA) is 80.7 Å². The van der Waals surface area contributed by atoms with Crippen LogP contribution in [0.4, 0.5) is 0 Å². The summed E-state index contributed by atoms with van der Waals surface area (Å²) in [6.45, 7) is 1.77. The molecule has 3 atom stereocenters. The van der Waals surface area contributed by atoms with Crippen molar-refractivity contribution in [2.75, 3.05) is 13.7 Å². The lowest BCUT2D eigenvalue weighted by Crippen LogP contribution is -2.28. The molecule has 132 valence electrons. The molecule has 0 saturated heterocycles. The van der Waals surface area contributed by atoms with Gasteiger partial charge in [-0.25, -0.2) is 8.42 Å². The third kappa shape index (κ3) is 2.75. The smallest absolute Gasteiger partial charge is 0.314 e. The summed E-state index contributed by atoms with van der Waals surface area (Å²) >= 11 is 0. The first-order valence-electron chi connectivity index (χ1n) is 7.93. The molecule has 1 aliphatic rings. The largest absolute Gasteiger partial charge is 0.481 e. The van der Waals surface area contributed by atoms with E-state index in [1.165, 1.54) is 19.2 Å². The Morgan fingerprint density at radius 1 is 1.12 bits per heavy atom. The van der Waals surface area contributed by atoms with Crippen LogP contribution >= 0.6 is 0 Å². The molecule has 1 N–H and O–H groups in total. The molecule has 2 aromatic rings. The highest BCUT2D eigenvalue weighted by molar-refractivity contribution is 7.92. The zero-order valence-corrected chi connectivity index (χ0v) is 14.9. The highest BCUT2D eigenvalue weighted by atomic mass is 32.2. The Kier molecular flexibility index (Phi) is 4.43. The first-order valence-corrected chi connectivity index (χ1v) is 9.48. The second kappa shape index (κ2) is 6.28. The Balaban J connectivity index is 2.12. The van der Waals surface area contributed by atoms with Gasteiger partial charge in [-0.15, -0.1) is 0 Å². The standard InChI is InChI=1S/C19H20O5S/c1-13-8-10-14(11-9-13)16-17(19(16,12-24-2)18(20)21)25(22,23)15-6-4-3-5-7-15/h3-11,16-17H,12H2,1-2H3,(H,20,21). The normalized spacial score (nSPS) is 25.5. The van der Waals surface area contributed by atoms with Crippen molar-refractivity contribution in [3.8, 4) is 0 Å². The van der Waals surface area contributed by atoms with Crippen molar-refractivity contribution in [1.82, 2.24) is 0 Å². The van der Waals surface area contributed by atoms with Gasteiger partial charge < -0.3 is 9.84 Å². The van der Waals surface area contributed by atoms with Crippen LogP contribution in [0.1, 0.15) is 17.0 Å². The molecule has 5 nitrogen and oxygen atoms in total. The molecule has 0 heterocycles. The number of aryl methyl sites for hydroxylation is 1. The summed E-state index contributed by atoms with van der Waals surface area (Å²) in [6, 6.07) is 15.3. The molecule has 0 aromatic heterocycles. The first kappa shape index (κ1) is 17.6.